The second kappa shape index (κ2) is 3.96. The van der Waals surface area contributed by atoms with E-state index in [0.29, 0.717) is 11.0 Å². The molecule has 1 fully saturated rings. The minimum Gasteiger partial charge on any atom is -0.150 e. The van der Waals surface area contributed by atoms with Crippen molar-refractivity contribution in [3.05, 3.63) is 12.2 Å². The lowest BCUT2D eigenvalue weighted by atomic mass is 9.89. The van der Waals surface area contributed by atoms with Crippen LogP contribution in [0.1, 0.15) is 38.5 Å². The van der Waals surface area contributed by atoms with Crippen LogP contribution in [0.3, 0.4) is 0 Å². The average Bonchev–Trinajstić information content (AvgIpc) is 2.75. The van der Waals surface area contributed by atoms with Crippen LogP contribution in [0.4, 0.5) is 0 Å². The molecule has 0 saturated heterocycles. The zero-order chi connectivity index (χ0) is 9.31. The predicted octanol–water partition coefficient (Wildman–Crippen LogP) is 3.97. The van der Waals surface area contributed by atoms with E-state index >= 15 is 0 Å². The van der Waals surface area contributed by atoms with Gasteiger partial charge in [0.15, 0.2) is 0 Å². The summed E-state index contributed by atoms with van der Waals surface area (Å²) in [7, 11) is -1.52. The van der Waals surface area contributed by atoms with E-state index in [2.05, 4.69) is 12.2 Å². The van der Waals surface area contributed by atoms with E-state index in [0.717, 1.165) is 0 Å². The molecule has 2 aliphatic rings. The largest absolute Gasteiger partial charge is 0.243 e. The Morgan fingerprint density at radius 3 is 2.38 bits per heavy atom. The van der Waals surface area contributed by atoms with Crippen molar-refractivity contribution in [1.29, 1.82) is 0 Å². The van der Waals surface area contributed by atoms with Gasteiger partial charge in [0.1, 0.15) is 0 Å². The van der Waals surface area contributed by atoms with Crippen molar-refractivity contribution in [2.24, 2.45) is 5.92 Å². The van der Waals surface area contributed by atoms with E-state index < -0.39 is 7.42 Å². The molecule has 3 heteroatoms. The van der Waals surface area contributed by atoms with E-state index in [9.17, 15) is 0 Å². The Kier molecular flexibility index (Phi) is 3.06. The van der Waals surface area contributed by atoms with Crippen molar-refractivity contribution in [2.75, 3.05) is 0 Å². The molecule has 2 rings (SSSR count). The van der Waals surface area contributed by atoms with Crippen LogP contribution in [-0.2, 0) is 0 Å². The van der Waals surface area contributed by atoms with Crippen LogP contribution in [0.5, 0.6) is 0 Å². The molecule has 0 aromatic heterocycles. The number of allylic oxidation sites excluding steroid dienone is 2. The van der Waals surface area contributed by atoms with E-state index in [4.69, 9.17) is 22.2 Å². The van der Waals surface area contributed by atoms with Gasteiger partial charge in [-0.1, -0.05) is 25.0 Å². The van der Waals surface area contributed by atoms with Crippen LogP contribution in [0, 0.1) is 5.92 Å². The molecule has 13 heavy (non-hydrogen) atoms. The van der Waals surface area contributed by atoms with Gasteiger partial charge in [-0.05, 0) is 36.6 Å². The fourth-order valence-corrected chi connectivity index (χ4v) is 6.62. The van der Waals surface area contributed by atoms with Crippen molar-refractivity contribution >= 4 is 29.6 Å². The lowest BCUT2D eigenvalue weighted by molar-refractivity contribution is 0.419. The smallest absolute Gasteiger partial charge is 0.150 e. The third-order valence-electron chi connectivity index (χ3n) is 3.72. The highest BCUT2D eigenvalue weighted by Crippen LogP contribution is 2.58. The summed E-state index contributed by atoms with van der Waals surface area (Å²) in [5.74, 6) is 0.710. The summed E-state index contributed by atoms with van der Waals surface area (Å²) in [6.07, 6.45) is 12.5. The molecule has 0 spiro atoms. The fraction of sp³-hybridized carbons (Fsp3) is 0.800. The second-order valence-corrected chi connectivity index (χ2v) is 9.39. The predicted molar refractivity (Wildman–Crippen MR) is 61.9 cm³/mol. The minimum absolute atomic E-state index is 0.357. The van der Waals surface area contributed by atoms with Crippen LogP contribution < -0.4 is 0 Å². The molecular weight excluding hydrogens is 219 g/mol. The molecule has 1 atom stereocenters. The average molecular weight is 235 g/mol. The minimum atomic E-state index is -1.52. The van der Waals surface area contributed by atoms with Gasteiger partial charge in [-0.3, -0.25) is 0 Å². The molecule has 0 aliphatic heterocycles. The van der Waals surface area contributed by atoms with E-state index in [-0.39, 0.29) is 0 Å². The number of rotatable bonds is 2. The Morgan fingerprint density at radius 1 is 1.23 bits per heavy atom. The molecule has 0 bridgehead atoms. The number of halogens is 2. The normalized spacial score (nSPS) is 31.8. The Balaban J connectivity index is 2.16. The Morgan fingerprint density at radius 2 is 1.92 bits per heavy atom. The van der Waals surface area contributed by atoms with E-state index in [1.165, 1.54) is 38.5 Å². The van der Waals surface area contributed by atoms with Crippen LogP contribution in [0.2, 0.25) is 5.04 Å². The highest BCUT2D eigenvalue weighted by molar-refractivity contribution is 7.35. The lowest BCUT2D eigenvalue weighted by Crippen LogP contribution is -2.28. The molecule has 74 valence electrons. The molecule has 0 nitrogen and oxygen atoms in total. The van der Waals surface area contributed by atoms with Gasteiger partial charge in [-0.15, -0.1) is 22.2 Å². The summed E-state index contributed by atoms with van der Waals surface area (Å²) in [5.41, 5.74) is 0. The van der Waals surface area contributed by atoms with Gasteiger partial charge in [0.2, 0.25) is 7.42 Å². The van der Waals surface area contributed by atoms with Crippen molar-refractivity contribution < 1.29 is 0 Å². The van der Waals surface area contributed by atoms with Crippen LogP contribution in [-0.4, -0.2) is 7.42 Å². The summed E-state index contributed by atoms with van der Waals surface area (Å²) < 4.78 is 0. The zero-order valence-electron chi connectivity index (χ0n) is 7.81. The molecule has 0 radical (unpaired) electrons. The van der Waals surface area contributed by atoms with Gasteiger partial charge in [0.25, 0.3) is 0 Å². The number of hydrogen-bond donors (Lipinski definition) is 0. The molecule has 0 heterocycles. The topological polar surface area (TPSA) is 0 Å². The first-order valence-corrected chi connectivity index (χ1v) is 9.27. The fourth-order valence-electron chi connectivity index (χ4n) is 2.90. The molecule has 1 unspecified atom stereocenters. The standard InChI is InChI=1S/C10H16Cl2Si/c11-13(12)10(7-3-4-8-10)9-5-1-2-6-9/h1,5,9,13H,2-4,6-8H2. The lowest BCUT2D eigenvalue weighted by Gasteiger charge is -2.34. The maximum atomic E-state index is 6.29. The van der Waals surface area contributed by atoms with Crippen molar-refractivity contribution in [1.82, 2.24) is 0 Å². The van der Waals surface area contributed by atoms with E-state index in [1.807, 2.05) is 0 Å². The zero-order valence-corrected chi connectivity index (χ0v) is 10.5. The third-order valence-corrected chi connectivity index (χ3v) is 8.20. The summed E-state index contributed by atoms with van der Waals surface area (Å²) in [6.45, 7) is 0. The van der Waals surface area contributed by atoms with Gasteiger partial charge >= 0.3 is 0 Å². The van der Waals surface area contributed by atoms with Crippen LogP contribution >= 0.6 is 22.2 Å². The Bertz CT molecular complexity index is 207. The highest BCUT2D eigenvalue weighted by Gasteiger charge is 2.46. The molecule has 1 saturated carbocycles. The summed E-state index contributed by atoms with van der Waals surface area (Å²) in [5, 5.41) is 0.357. The Labute approximate surface area is 91.3 Å². The Hall–Kier alpha value is 0.537. The maximum absolute atomic E-state index is 6.29. The van der Waals surface area contributed by atoms with Gasteiger partial charge in [0, 0.05) is 0 Å². The van der Waals surface area contributed by atoms with Crippen LogP contribution in [0.15, 0.2) is 12.2 Å². The first-order chi connectivity index (χ1) is 6.26. The maximum Gasteiger partial charge on any atom is 0.243 e. The molecule has 0 aromatic rings. The highest BCUT2D eigenvalue weighted by atomic mass is 35.7. The quantitative estimate of drug-likeness (QED) is 0.386. The molecule has 0 aromatic carbocycles. The van der Waals surface area contributed by atoms with Crippen LogP contribution in [0.25, 0.3) is 0 Å². The first kappa shape index (κ1) is 10.1. The molecule has 0 amide bonds. The molecule has 0 N–H and O–H groups in total. The summed E-state index contributed by atoms with van der Waals surface area (Å²) >= 11 is 12.6. The van der Waals surface area contributed by atoms with Gasteiger partial charge in [0.05, 0.1) is 0 Å². The van der Waals surface area contributed by atoms with Crippen molar-refractivity contribution in [3.63, 3.8) is 0 Å². The first-order valence-electron chi connectivity index (χ1n) is 5.20. The summed E-state index contributed by atoms with van der Waals surface area (Å²) in [6, 6.07) is 0. The summed E-state index contributed by atoms with van der Waals surface area (Å²) in [4.78, 5) is 0. The van der Waals surface area contributed by atoms with Gasteiger partial charge < -0.3 is 0 Å². The SMILES string of the molecule is Cl[SiH](Cl)C1(C2C=CCC2)CCCC1. The third kappa shape index (κ3) is 1.71. The van der Waals surface area contributed by atoms with Gasteiger partial charge in [-0.25, -0.2) is 0 Å². The van der Waals surface area contributed by atoms with E-state index in [1.54, 1.807) is 0 Å². The monoisotopic (exact) mass is 234 g/mol. The second-order valence-electron chi connectivity index (χ2n) is 4.35. The van der Waals surface area contributed by atoms with Gasteiger partial charge in [-0.2, -0.15) is 0 Å². The van der Waals surface area contributed by atoms with Crippen molar-refractivity contribution in [3.8, 4) is 0 Å². The molecular formula is C10H16Cl2Si. The van der Waals surface area contributed by atoms with Crippen molar-refractivity contribution in [2.45, 2.75) is 43.6 Å². The molecule has 2 aliphatic carbocycles. The number of hydrogen-bond acceptors (Lipinski definition) is 0.